The molecule has 0 saturated carbocycles. The minimum Gasteiger partial charge on any atom is -0.466 e. The van der Waals surface area contributed by atoms with Gasteiger partial charge in [-0.15, -0.1) is 11.8 Å². The Morgan fingerprint density at radius 2 is 1.97 bits per heavy atom. The van der Waals surface area contributed by atoms with Gasteiger partial charge in [-0.3, -0.25) is 14.4 Å². The van der Waals surface area contributed by atoms with Crippen LogP contribution in [0.5, 0.6) is 0 Å². The molecule has 2 unspecified atom stereocenters. The fraction of sp³-hybridized carbons (Fsp3) is 0.654. The van der Waals surface area contributed by atoms with Crippen LogP contribution in [0.3, 0.4) is 0 Å². The number of thioether (sulfide) groups is 1. The summed E-state index contributed by atoms with van der Waals surface area (Å²) < 4.78 is 4.27. The lowest BCUT2D eigenvalue weighted by Gasteiger charge is -2.37. The quantitative estimate of drug-likeness (QED) is 0.388. The van der Waals surface area contributed by atoms with Gasteiger partial charge in [0, 0.05) is 11.3 Å². The Morgan fingerprint density at radius 3 is 2.62 bits per heavy atom. The van der Waals surface area contributed by atoms with Crippen molar-refractivity contribution < 1.29 is 24.2 Å². The van der Waals surface area contributed by atoms with E-state index in [0.717, 1.165) is 31.2 Å². The molecule has 1 aromatic rings. The van der Waals surface area contributed by atoms with E-state index >= 15 is 0 Å². The van der Waals surface area contributed by atoms with E-state index < -0.39 is 33.4 Å². The summed E-state index contributed by atoms with van der Waals surface area (Å²) in [6, 6.07) is 7.92. The number of rotatable bonds is 10. The molecule has 0 radical (unpaired) electrons. The molecule has 3 heterocycles. The molecule has 34 heavy (non-hydrogen) atoms. The smallest absolute Gasteiger partial charge is 0.311 e. The van der Waals surface area contributed by atoms with E-state index in [4.69, 9.17) is 4.74 Å². The predicted molar refractivity (Wildman–Crippen MR) is 131 cm³/mol. The van der Waals surface area contributed by atoms with Gasteiger partial charge in [0.05, 0.1) is 35.8 Å². The number of fused-ring (bicyclic) bond motifs is 1. The average molecular weight is 489 g/mol. The molecule has 7 nitrogen and oxygen atoms in total. The van der Waals surface area contributed by atoms with Crippen LogP contribution in [0.2, 0.25) is 0 Å². The van der Waals surface area contributed by atoms with Gasteiger partial charge in [0.2, 0.25) is 11.8 Å². The molecule has 4 rings (SSSR count). The number of carbonyl (C=O) groups excluding carboxylic acids is 3. The number of nitrogens with one attached hydrogen (secondary N) is 1. The lowest BCUT2D eigenvalue weighted by Crippen LogP contribution is -2.54. The number of carbonyl (C=O) groups is 3. The van der Waals surface area contributed by atoms with E-state index in [1.54, 1.807) is 23.6 Å². The van der Waals surface area contributed by atoms with Gasteiger partial charge in [-0.2, -0.15) is 0 Å². The van der Waals surface area contributed by atoms with Crippen molar-refractivity contribution in [1.82, 2.24) is 10.2 Å². The molecule has 2 N–H and O–H groups in total. The zero-order chi connectivity index (χ0) is 24.5. The summed E-state index contributed by atoms with van der Waals surface area (Å²) in [5.41, 5.74) is 0.775. The molecular formula is C26H36N2O5S. The standard InChI is InChI=1S/C26H36N2O5S/c1-4-6-10-15-27-22(30)21-26-14-13-25(3,34-26)20(24(32)33-5-2)19(26)23(31)28(21)18(16-29)17-11-8-7-9-12-17/h7-9,11-12,18-21,29H,4-6,10,13-16H2,1-3H3,(H,27,30)/t18-,19+,20+,21?,25-,26?/m1/s1. The largest absolute Gasteiger partial charge is 0.466 e. The van der Waals surface area contributed by atoms with Crippen LogP contribution >= 0.6 is 11.8 Å². The van der Waals surface area contributed by atoms with E-state index in [1.165, 1.54) is 0 Å². The number of ether oxygens (including phenoxy) is 1. The summed E-state index contributed by atoms with van der Waals surface area (Å²) in [6.45, 7) is 6.40. The highest BCUT2D eigenvalue weighted by molar-refractivity contribution is 8.02. The molecule has 3 aliphatic heterocycles. The Bertz CT molecular complexity index is 927. The number of hydrogen-bond acceptors (Lipinski definition) is 6. The number of aliphatic hydroxyl groups excluding tert-OH is 1. The van der Waals surface area contributed by atoms with Crippen molar-refractivity contribution in [3.63, 3.8) is 0 Å². The minimum absolute atomic E-state index is 0.192. The predicted octanol–water partition coefficient (Wildman–Crippen LogP) is 3.07. The van der Waals surface area contributed by atoms with E-state index in [1.807, 2.05) is 37.3 Å². The van der Waals surface area contributed by atoms with Crippen molar-refractivity contribution in [2.45, 2.75) is 74.5 Å². The zero-order valence-electron chi connectivity index (χ0n) is 20.3. The van der Waals surface area contributed by atoms with Gasteiger partial charge in [-0.1, -0.05) is 50.1 Å². The molecule has 1 spiro atoms. The highest BCUT2D eigenvalue weighted by atomic mass is 32.2. The summed E-state index contributed by atoms with van der Waals surface area (Å²) in [5, 5.41) is 13.5. The third-order valence-electron chi connectivity index (χ3n) is 7.78. The Balaban J connectivity index is 1.76. The van der Waals surface area contributed by atoms with Gasteiger partial charge in [0.15, 0.2) is 0 Å². The van der Waals surface area contributed by atoms with Crippen molar-refractivity contribution in [1.29, 1.82) is 0 Å². The second-order valence-electron chi connectivity index (χ2n) is 9.83. The maximum Gasteiger partial charge on any atom is 0.311 e. The molecule has 3 aliphatic rings. The summed E-state index contributed by atoms with van der Waals surface area (Å²) >= 11 is 1.62. The number of unbranched alkanes of at least 4 members (excludes halogenated alkanes) is 2. The number of aliphatic hydroxyl groups is 1. The molecule has 3 fully saturated rings. The molecule has 6 atom stereocenters. The summed E-state index contributed by atoms with van der Waals surface area (Å²) in [7, 11) is 0. The highest BCUT2D eigenvalue weighted by Gasteiger charge is 2.78. The van der Waals surface area contributed by atoms with Gasteiger partial charge in [-0.25, -0.2) is 0 Å². The first-order valence-corrected chi connectivity index (χ1v) is 13.3. The van der Waals surface area contributed by atoms with E-state index in [9.17, 15) is 19.5 Å². The second-order valence-corrected chi connectivity index (χ2v) is 11.7. The first kappa shape index (κ1) is 25.0. The number of amides is 2. The molecule has 2 bridgehead atoms. The molecule has 8 heteroatoms. The Hall–Kier alpha value is -2.06. The summed E-state index contributed by atoms with van der Waals surface area (Å²) in [6.07, 6.45) is 4.36. The summed E-state index contributed by atoms with van der Waals surface area (Å²) in [4.78, 5) is 42.5. The van der Waals surface area contributed by atoms with Crippen LogP contribution in [-0.4, -0.2) is 63.1 Å². The fourth-order valence-corrected chi connectivity index (χ4v) is 8.63. The van der Waals surface area contributed by atoms with Crippen LogP contribution in [-0.2, 0) is 19.1 Å². The average Bonchev–Trinajstić information content (AvgIpc) is 3.39. The van der Waals surface area contributed by atoms with Gasteiger partial charge < -0.3 is 20.1 Å². The molecule has 1 aromatic carbocycles. The van der Waals surface area contributed by atoms with Crippen LogP contribution in [0, 0.1) is 11.8 Å². The van der Waals surface area contributed by atoms with Crippen LogP contribution in [0.1, 0.15) is 64.5 Å². The van der Waals surface area contributed by atoms with Gasteiger partial charge in [-0.05, 0) is 38.7 Å². The fourth-order valence-electron chi connectivity index (χ4n) is 6.30. The van der Waals surface area contributed by atoms with E-state index in [0.29, 0.717) is 13.0 Å². The first-order chi connectivity index (χ1) is 16.3. The normalized spacial score (nSPS) is 32.5. The third kappa shape index (κ3) is 3.92. The van der Waals surface area contributed by atoms with E-state index in [-0.39, 0.29) is 31.0 Å². The van der Waals surface area contributed by atoms with Crippen molar-refractivity contribution in [2.24, 2.45) is 11.8 Å². The molecular weight excluding hydrogens is 452 g/mol. The topological polar surface area (TPSA) is 95.9 Å². The number of likely N-dealkylation sites (tertiary alicyclic amines) is 1. The lowest BCUT2D eigenvalue weighted by atomic mass is 9.66. The SMILES string of the molecule is CCCCCNC(=O)C1N([C@H](CO)c2ccccc2)C(=O)[C@@H]2[C@@H](C(=O)OCC)[C@@]3(C)CCC12S3. The number of hydrogen-bond donors (Lipinski definition) is 2. The lowest BCUT2D eigenvalue weighted by molar-refractivity contribution is -0.155. The highest BCUT2D eigenvalue weighted by Crippen LogP contribution is 2.72. The zero-order valence-corrected chi connectivity index (χ0v) is 21.1. The maximum absolute atomic E-state index is 14.1. The monoisotopic (exact) mass is 488 g/mol. The second kappa shape index (κ2) is 9.90. The molecule has 0 aromatic heterocycles. The first-order valence-electron chi connectivity index (χ1n) is 12.5. The van der Waals surface area contributed by atoms with Crippen molar-refractivity contribution in [3.8, 4) is 0 Å². The third-order valence-corrected chi connectivity index (χ3v) is 9.76. The van der Waals surface area contributed by atoms with Crippen LogP contribution in [0.15, 0.2) is 30.3 Å². The Morgan fingerprint density at radius 1 is 1.24 bits per heavy atom. The van der Waals surface area contributed by atoms with Crippen molar-refractivity contribution in [2.75, 3.05) is 19.8 Å². The number of nitrogens with zero attached hydrogens (tertiary/aromatic N) is 1. The van der Waals surface area contributed by atoms with Crippen LogP contribution < -0.4 is 5.32 Å². The van der Waals surface area contributed by atoms with Crippen molar-refractivity contribution in [3.05, 3.63) is 35.9 Å². The van der Waals surface area contributed by atoms with Crippen LogP contribution in [0.4, 0.5) is 0 Å². The van der Waals surface area contributed by atoms with Gasteiger partial charge in [0.25, 0.3) is 0 Å². The number of benzene rings is 1. The minimum atomic E-state index is -0.754. The molecule has 2 amide bonds. The molecule has 186 valence electrons. The maximum atomic E-state index is 14.1. The number of esters is 1. The summed E-state index contributed by atoms with van der Waals surface area (Å²) in [5.74, 6) is -2.02. The molecule has 3 saturated heterocycles. The Kier molecular flexibility index (Phi) is 7.29. The Labute approximate surface area is 206 Å². The van der Waals surface area contributed by atoms with Crippen molar-refractivity contribution >= 4 is 29.5 Å². The van der Waals surface area contributed by atoms with Gasteiger partial charge >= 0.3 is 5.97 Å². The molecule has 0 aliphatic carbocycles. The van der Waals surface area contributed by atoms with E-state index in [2.05, 4.69) is 12.2 Å². The van der Waals surface area contributed by atoms with Gasteiger partial charge in [0.1, 0.15) is 6.04 Å². The van der Waals surface area contributed by atoms with Crippen LogP contribution in [0.25, 0.3) is 0 Å².